The molecule has 3 N–H and O–H groups in total. The fourth-order valence-corrected chi connectivity index (χ4v) is 0.994. The molecule has 0 aliphatic carbocycles. The first-order valence-corrected chi connectivity index (χ1v) is 3.38. The van der Waals surface area contributed by atoms with E-state index in [1.54, 1.807) is 0 Å². The molecule has 1 saturated heterocycles. The maximum Gasteiger partial charge on any atom is 0.219 e. The predicted molar refractivity (Wildman–Crippen MR) is 43.7 cm³/mol. The number of hydrogen-bond donors (Lipinski definition) is 2. The average Bonchev–Trinajstić information content (AvgIpc) is 1.88. The number of nitrogens with two attached hydrogens (primary N) is 1. The van der Waals surface area contributed by atoms with Crippen molar-refractivity contribution in [3.05, 3.63) is 0 Å². The first-order chi connectivity index (χ1) is 4.79. The van der Waals surface area contributed by atoms with Gasteiger partial charge in [-0.25, -0.2) is 0 Å². The van der Waals surface area contributed by atoms with E-state index in [9.17, 15) is 4.79 Å². The molecule has 11 heavy (non-hydrogen) atoms. The summed E-state index contributed by atoms with van der Waals surface area (Å²) < 4.78 is 5.11. The quantitative estimate of drug-likeness (QED) is 0.589. The van der Waals surface area contributed by atoms with Gasteiger partial charge in [0.25, 0.3) is 0 Å². The van der Waals surface area contributed by atoms with Crippen LogP contribution in [0.5, 0.6) is 0 Å². The summed E-state index contributed by atoms with van der Waals surface area (Å²) in [5.41, 5.74) is 4.99. The molecule has 0 bridgehead atoms. The summed E-state index contributed by atoms with van der Waals surface area (Å²) in [5.74, 6) is -0.275. The van der Waals surface area contributed by atoms with Crippen molar-refractivity contribution in [2.75, 3.05) is 19.8 Å². The van der Waals surface area contributed by atoms with E-state index in [-0.39, 0.29) is 24.4 Å². The Kier molecular flexibility index (Phi) is 5.19. The topological polar surface area (TPSA) is 64.4 Å². The number of hydrogen-bond acceptors (Lipinski definition) is 3. The van der Waals surface area contributed by atoms with Gasteiger partial charge in [0.05, 0.1) is 13.2 Å². The monoisotopic (exact) mass is 180 g/mol. The molecule has 1 fully saturated rings. The van der Waals surface area contributed by atoms with E-state index >= 15 is 0 Å². The summed E-state index contributed by atoms with van der Waals surface area (Å²) in [4.78, 5) is 10.4. The summed E-state index contributed by atoms with van der Waals surface area (Å²) in [6.45, 7) is 2.15. The van der Waals surface area contributed by atoms with Gasteiger partial charge in [-0.3, -0.25) is 4.79 Å². The van der Waals surface area contributed by atoms with Crippen LogP contribution in [0.2, 0.25) is 0 Å². The van der Waals surface area contributed by atoms with Crippen molar-refractivity contribution < 1.29 is 9.53 Å². The first kappa shape index (κ1) is 10.7. The second kappa shape index (κ2) is 5.35. The van der Waals surface area contributed by atoms with Crippen LogP contribution in [0.3, 0.4) is 0 Å². The van der Waals surface area contributed by atoms with E-state index in [4.69, 9.17) is 10.5 Å². The molecule has 66 valence electrons. The normalized spacial score (nSPS) is 23.8. The van der Waals surface area contributed by atoms with Crippen molar-refractivity contribution >= 4 is 18.3 Å². The Labute approximate surface area is 71.9 Å². The largest absolute Gasteiger partial charge is 0.378 e. The lowest BCUT2D eigenvalue weighted by Crippen LogP contribution is -2.43. The zero-order valence-electron chi connectivity index (χ0n) is 6.21. The lowest BCUT2D eigenvalue weighted by molar-refractivity contribution is -0.119. The van der Waals surface area contributed by atoms with Crippen LogP contribution in [0.1, 0.15) is 6.42 Å². The second-order valence-electron chi connectivity index (χ2n) is 2.40. The summed E-state index contributed by atoms with van der Waals surface area (Å²) in [6.07, 6.45) is 0.375. The maximum atomic E-state index is 10.4. The highest BCUT2D eigenvalue weighted by Crippen LogP contribution is 1.96. The fraction of sp³-hybridized carbons (Fsp3) is 0.833. The Hall–Kier alpha value is -0.320. The number of amides is 1. The molecule has 1 atom stereocenters. The molecule has 1 heterocycles. The van der Waals surface area contributed by atoms with Crippen molar-refractivity contribution in [3.63, 3.8) is 0 Å². The molecule has 0 aromatic rings. The Morgan fingerprint density at radius 2 is 2.45 bits per heavy atom. The number of carbonyl (C=O) groups excluding carboxylic acids is 1. The minimum atomic E-state index is -0.275. The van der Waals surface area contributed by atoms with Crippen LogP contribution >= 0.6 is 12.4 Å². The number of rotatable bonds is 2. The van der Waals surface area contributed by atoms with Gasteiger partial charge >= 0.3 is 0 Å². The molecule has 1 rings (SSSR count). The van der Waals surface area contributed by atoms with Gasteiger partial charge in [-0.15, -0.1) is 12.4 Å². The summed E-state index contributed by atoms with van der Waals surface area (Å²) in [6, 6.07) is 0.131. The second-order valence-corrected chi connectivity index (χ2v) is 2.40. The Morgan fingerprint density at radius 3 is 2.91 bits per heavy atom. The number of primary amides is 1. The van der Waals surface area contributed by atoms with Gasteiger partial charge in [-0.05, 0) is 0 Å². The van der Waals surface area contributed by atoms with E-state index in [1.807, 2.05) is 0 Å². The fourth-order valence-electron chi connectivity index (χ4n) is 0.994. The Morgan fingerprint density at radius 1 is 1.73 bits per heavy atom. The van der Waals surface area contributed by atoms with Gasteiger partial charge in [0.15, 0.2) is 0 Å². The average molecular weight is 181 g/mol. The molecule has 1 amide bonds. The van der Waals surface area contributed by atoms with Crippen molar-refractivity contribution in [3.8, 4) is 0 Å². The summed E-state index contributed by atoms with van der Waals surface area (Å²) in [5, 5.41) is 3.12. The third kappa shape index (κ3) is 4.19. The lowest BCUT2D eigenvalue weighted by atomic mass is 10.2. The smallest absolute Gasteiger partial charge is 0.219 e. The third-order valence-corrected chi connectivity index (χ3v) is 1.45. The zero-order chi connectivity index (χ0) is 7.40. The molecule has 4 nitrogen and oxygen atoms in total. The Balaban J connectivity index is 0.000001000. The SMILES string of the molecule is Cl.NC(=O)CC1COCCN1. The van der Waals surface area contributed by atoms with E-state index in [2.05, 4.69) is 5.32 Å². The van der Waals surface area contributed by atoms with Gasteiger partial charge in [0.1, 0.15) is 0 Å². The first-order valence-electron chi connectivity index (χ1n) is 3.38. The van der Waals surface area contributed by atoms with Crippen LogP contribution in [0.4, 0.5) is 0 Å². The highest BCUT2D eigenvalue weighted by atomic mass is 35.5. The molecule has 1 aliphatic heterocycles. The number of carbonyl (C=O) groups is 1. The van der Waals surface area contributed by atoms with Crippen LogP contribution in [-0.2, 0) is 9.53 Å². The standard InChI is InChI=1S/C6H12N2O2.ClH/c7-6(9)3-5-4-10-2-1-8-5;/h5,8H,1-4H2,(H2,7,9);1H. The highest BCUT2D eigenvalue weighted by Gasteiger charge is 2.14. The summed E-state index contributed by atoms with van der Waals surface area (Å²) in [7, 11) is 0. The van der Waals surface area contributed by atoms with Crippen molar-refractivity contribution in [2.24, 2.45) is 5.73 Å². The molecular weight excluding hydrogens is 168 g/mol. The number of ether oxygens (including phenoxy) is 1. The van der Waals surface area contributed by atoms with Gasteiger partial charge in [0.2, 0.25) is 5.91 Å². The van der Waals surface area contributed by atoms with Gasteiger partial charge in [0, 0.05) is 19.0 Å². The lowest BCUT2D eigenvalue weighted by Gasteiger charge is -2.22. The molecule has 0 aromatic heterocycles. The van der Waals surface area contributed by atoms with Crippen LogP contribution in [0.25, 0.3) is 0 Å². The van der Waals surface area contributed by atoms with Gasteiger partial charge in [-0.1, -0.05) is 0 Å². The molecule has 5 heteroatoms. The van der Waals surface area contributed by atoms with E-state index in [0.29, 0.717) is 13.0 Å². The van der Waals surface area contributed by atoms with E-state index in [0.717, 1.165) is 13.2 Å². The molecule has 1 aliphatic rings. The van der Waals surface area contributed by atoms with Crippen LogP contribution < -0.4 is 11.1 Å². The number of morpholine rings is 1. The number of halogens is 1. The summed E-state index contributed by atoms with van der Waals surface area (Å²) >= 11 is 0. The molecule has 1 unspecified atom stereocenters. The van der Waals surface area contributed by atoms with Gasteiger partial charge in [-0.2, -0.15) is 0 Å². The predicted octanol–water partition coefficient (Wildman–Crippen LogP) is -0.728. The minimum Gasteiger partial charge on any atom is -0.378 e. The molecule has 0 saturated carbocycles. The van der Waals surface area contributed by atoms with E-state index in [1.165, 1.54) is 0 Å². The molecule has 0 radical (unpaired) electrons. The zero-order valence-corrected chi connectivity index (χ0v) is 7.02. The van der Waals surface area contributed by atoms with Gasteiger partial charge < -0.3 is 15.8 Å². The van der Waals surface area contributed by atoms with Crippen molar-refractivity contribution in [1.29, 1.82) is 0 Å². The molecular formula is C6H13ClN2O2. The minimum absolute atomic E-state index is 0. The highest BCUT2D eigenvalue weighted by molar-refractivity contribution is 5.85. The number of nitrogens with one attached hydrogen (secondary N) is 1. The van der Waals surface area contributed by atoms with Crippen LogP contribution in [0, 0.1) is 0 Å². The molecule has 0 spiro atoms. The van der Waals surface area contributed by atoms with Crippen LogP contribution in [-0.4, -0.2) is 31.7 Å². The maximum absolute atomic E-state index is 10.4. The third-order valence-electron chi connectivity index (χ3n) is 1.45. The van der Waals surface area contributed by atoms with Crippen molar-refractivity contribution in [2.45, 2.75) is 12.5 Å². The Bertz CT molecular complexity index is 126. The van der Waals surface area contributed by atoms with Crippen molar-refractivity contribution in [1.82, 2.24) is 5.32 Å². The van der Waals surface area contributed by atoms with Crippen LogP contribution in [0.15, 0.2) is 0 Å². The molecule has 0 aromatic carbocycles. The van der Waals surface area contributed by atoms with E-state index < -0.39 is 0 Å².